The van der Waals surface area contributed by atoms with E-state index in [4.69, 9.17) is 27.9 Å². The molecule has 2 aromatic rings. The average molecular weight is 386 g/mol. The number of Topliss-reactive ketones (excluding diaryl/α,β-unsaturated/α-hetero) is 1. The first kappa shape index (κ1) is 17.1. The summed E-state index contributed by atoms with van der Waals surface area (Å²) in [6.07, 6.45) is 0.0937. The van der Waals surface area contributed by atoms with Crippen LogP contribution in [0.15, 0.2) is 41.3 Å². The third-order valence-electron chi connectivity index (χ3n) is 3.78. The molecule has 0 atom stereocenters. The summed E-state index contributed by atoms with van der Waals surface area (Å²) in [5.74, 6) is 0.253. The number of halogens is 2. The Morgan fingerprint density at radius 3 is 2.54 bits per heavy atom. The molecule has 0 N–H and O–H groups in total. The van der Waals surface area contributed by atoms with Crippen molar-refractivity contribution in [1.29, 1.82) is 0 Å². The number of methoxy groups -OCH3 is 1. The highest BCUT2D eigenvalue weighted by molar-refractivity contribution is 7.92. The SMILES string of the molecule is COc1ccc(S(=O)(=O)N2CCC(=O)c3cc(Cl)ccc32)cc1Cl. The summed E-state index contributed by atoms with van der Waals surface area (Å²) in [6, 6.07) is 8.84. The number of anilines is 1. The van der Waals surface area contributed by atoms with Crippen molar-refractivity contribution in [1.82, 2.24) is 0 Å². The molecular weight excluding hydrogens is 373 g/mol. The number of ketones is 1. The van der Waals surface area contributed by atoms with E-state index >= 15 is 0 Å². The second-order valence-electron chi connectivity index (χ2n) is 5.21. The van der Waals surface area contributed by atoms with Crippen molar-refractivity contribution in [3.8, 4) is 5.75 Å². The van der Waals surface area contributed by atoms with Crippen LogP contribution in [0.1, 0.15) is 16.8 Å². The van der Waals surface area contributed by atoms with E-state index in [1.807, 2.05) is 0 Å². The zero-order valence-corrected chi connectivity index (χ0v) is 15.0. The Labute approximate surface area is 149 Å². The number of hydrogen-bond acceptors (Lipinski definition) is 4. The second-order valence-corrected chi connectivity index (χ2v) is 7.91. The molecule has 126 valence electrons. The minimum Gasteiger partial charge on any atom is -0.495 e. The van der Waals surface area contributed by atoms with E-state index < -0.39 is 10.0 Å². The maximum atomic E-state index is 13.0. The highest BCUT2D eigenvalue weighted by Crippen LogP contribution is 2.35. The van der Waals surface area contributed by atoms with Crippen LogP contribution >= 0.6 is 23.2 Å². The topological polar surface area (TPSA) is 63.7 Å². The predicted octanol–water partition coefficient (Wildman–Crippen LogP) is 3.78. The number of sulfonamides is 1. The molecule has 0 fully saturated rings. The molecule has 0 bridgehead atoms. The Hall–Kier alpha value is -1.76. The Balaban J connectivity index is 2.10. The largest absolute Gasteiger partial charge is 0.495 e. The molecule has 1 aliphatic rings. The van der Waals surface area contributed by atoms with Gasteiger partial charge >= 0.3 is 0 Å². The third kappa shape index (κ3) is 2.85. The molecule has 0 aromatic heterocycles. The molecule has 8 heteroatoms. The van der Waals surface area contributed by atoms with Gasteiger partial charge in [0.05, 0.1) is 22.7 Å². The molecule has 2 aromatic carbocycles. The van der Waals surface area contributed by atoms with Crippen molar-refractivity contribution in [2.45, 2.75) is 11.3 Å². The summed E-state index contributed by atoms with van der Waals surface area (Å²) < 4.78 is 32.2. The van der Waals surface area contributed by atoms with E-state index in [9.17, 15) is 13.2 Å². The van der Waals surface area contributed by atoms with E-state index in [-0.39, 0.29) is 28.7 Å². The van der Waals surface area contributed by atoms with Gasteiger partial charge in [-0.25, -0.2) is 8.42 Å². The number of rotatable bonds is 3. The second kappa shape index (κ2) is 6.27. The summed E-state index contributed by atoms with van der Waals surface area (Å²) in [7, 11) is -2.41. The monoisotopic (exact) mass is 385 g/mol. The van der Waals surface area contributed by atoms with Gasteiger partial charge in [0.25, 0.3) is 10.0 Å². The maximum absolute atomic E-state index is 13.0. The molecule has 0 radical (unpaired) electrons. The van der Waals surface area contributed by atoms with Gasteiger partial charge in [-0.05, 0) is 36.4 Å². The van der Waals surface area contributed by atoms with Crippen molar-refractivity contribution in [2.75, 3.05) is 18.0 Å². The molecule has 0 saturated carbocycles. The lowest BCUT2D eigenvalue weighted by Crippen LogP contribution is -2.37. The summed E-state index contributed by atoms with van der Waals surface area (Å²) in [5.41, 5.74) is 0.625. The first-order valence-electron chi connectivity index (χ1n) is 7.03. The lowest BCUT2D eigenvalue weighted by molar-refractivity contribution is 0.0982. The fraction of sp³-hybridized carbons (Fsp3) is 0.188. The molecule has 1 heterocycles. The molecule has 0 saturated heterocycles. The van der Waals surface area contributed by atoms with Gasteiger partial charge in [0.2, 0.25) is 0 Å². The number of ether oxygens (including phenoxy) is 1. The fourth-order valence-electron chi connectivity index (χ4n) is 2.59. The van der Waals surface area contributed by atoms with Gasteiger partial charge in [0, 0.05) is 23.6 Å². The Kier molecular flexibility index (Phi) is 4.46. The summed E-state index contributed by atoms with van der Waals surface area (Å²) in [6.45, 7) is 0.0689. The Morgan fingerprint density at radius 2 is 1.88 bits per heavy atom. The minimum absolute atomic E-state index is 0.0311. The van der Waals surface area contributed by atoms with Gasteiger partial charge in [-0.3, -0.25) is 9.10 Å². The van der Waals surface area contributed by atoms with Crippen LogP contribution in [0.25, 0.3) is 0 Å². The van der Waals surface area contributed by atoms with Crippen LogP contribution in [0.3, 0.4) is 0 Å². The van der Waals surface area contributed by atoms with E-state index in [1.165, 1.54) is 41.7 Å². The molecule has 3 rings (SSSR count). The van der Waals surface area contributed by atoms with Crippen LogP contribution in [0.4, 0.5) is 5.69 Å². The molecule has 1 aliphatic heterocycles. The van der Waals surface area contributed by atoms with Crippen LogP contribution < -0.4 is 9.04 Å². The molecule has 5 nitrogen and oxygen atoms in total. The number of fused-ring (bicyclic) bond motifs is 1. The van der Waals surface area contributed by atoms with Crippen LogP contribution in [0.5, 0.6) is 5.75 Å². The van der Waals surface area contributed by atoms with Gasteiger partial charge in [0.1, 0.15) is 5.75 Å². The lowest BCUT2D eigenvalue weighted by Gasteiger charge is -2.30. The Morgan fingerprint density at radius 1 is 1.12 bits per heavy atom. The number of nitrogens with zero attached hydrogens (tertiary/aromatic N) is 1. The molecule has 0 aliphatic carbocycles. The van der Waals surface area contributed by atoms with Crippen molar-refractivity contribution in [3.63, 3.8) is 0 Å². The number of carbonyl (C=O) groups excluding carboxylic acids is 1. The fourth-order valence-corrected chi connectivity index (χ4v) is 4.60. The maximum Gasteiger partial charge on any atom is 0.264 e. The summed E-state index contributed by atoms with van der Waals surface area (Å²) in [4.78, 5) is 12.1. The van der Waals surface area contributed by atoms with Crippen LogP contribution in [-0.2, 0) is 10.0 Å². The van der Waals surface area contributed by atoms with Gasteiger partial charge < -0.3 is 4.74 Å². The quantitative estimate of drug-likeness (QED) is 0.806. The predicted molar refractivity (Wildman–Crippen MR) is 92.9 cm³/mol. The number of benzene rings is 2. The molecular formula is C16H13Cl2NO4S. The third-order valence-corrected chi connectivity index (χ3v) is 6.12. The zero-order valence-electron chi connectivity index (χ0n) is 12.6. The molecule has 0 spiro atoms. The smallest absolute Gasteiger partial charge is 0.264 e. The van der Waals surface area contributed by atoms with Crippen LogP contribution in [0, 0.1) is 0 Å². The first-order valence-corrected chi connectivity index (χ1v) is 9.23. The highest BCUT2D eigenvalue weighted by atomic mass is 35.5. The van der Waals surface area contributed by atoms with Crippen molar-refractivity contribution >= 4 is 44.7 Å². The standard InChI is InChI=1S/C16H13Cl2NO4S/c1-23-16-5-3-11(9-13(16)18)24(21,22)19-7-6-15(20)12-8-10(17)2-4-14(12)19/h2-5,8-9H,6-7H2,1H3. The van der Waals surface area contributed by atoms with Crippen molar-refractivity contribution in [2.24, 2.45) is 0 Å². The highest BCUT2D eigenvalue weighted by Gasteiger charge is 2.32. The van der Waals surface area contributed by atoms with Gasteiger partial charge in [-0.15, -0.1) is 0 Å². The van der Waals surface area contributed by atoms with Gasteiger partial charge in [-0.2, -0.15) is 0 Å². The Bertz CT molecular complexity index is 928. The average Bonchev–Trinajstić information content (AvgIpc) is 2.55. The van der Waals surface area contributed by atoms with E-state index in [2.05, 4.69) is 0 Å². The zero-order chi connectivity index (χ0) is 17.5. The van der Waals surface area contributed by atoms with Gasteiger partial charge in [-0.1, -0.05) is 23.2 Å². The van der Waals surface area contributed by atoms with E-state index in [0.717, 1.165) is 0 Å². The molecule has 0 unspecified atom stereocenters. The van der Waals surface area contributed by atoms with Crippen molar-refractivity contribution in [3.05, 3.63) is 52.0 Å². The van der Waals surface area contributed by atoms with Crippen LogP contribution in [0.2, 0.25) is 10.0 Å². The minimum atomic E-state index is -3.86. The van der Waals surface area contributed by atoms with Crippen molar-refractivity contribution < 1.29 is 17.9 Å². The normalized spacial score (nSPS) is 14.5. The van der Waals surface area contributed by atoms with Crippen LogP contribution in [-0.4, -0.2) is 27.9 Å². The number of carbonyl (C=O) groups is 1. The van der Waals surface area contributed by atoms with E-state index in [1.54, 1.807) is 6.07 Å². The molecule has 0 amide bonds. The van der Waals surface area contributed by atoms with E-state index in [0.29, 0.717) is 22.0 Å². The molecule has 24 heavy (non-hydrogen) atoms. The lowest BCUT2D eigenvalue weighted by atomic mass is 10.0. The summed E-state index contributed by atoms with van der Waals surface area (Å²) in [5, 5.41) is 0.580. The first-order chi connectivity index (χ1) is 11.3. The number of hydrogen-bond donors (Lipinski definition) is 0. The van der Waals surface area contributed by atoms with Gasteiger partial charge in [0.15, 0.2) is 5.78 Å². The summed E-state index contributed by atoms with van der Waals surface area (Å²) >= 11 is 12.0.